The molecule has 486 valence electrons. The van der Waals surface area contributed by atoms with E-state index < -0.39 is 6.10 Å². The molecule has 0 saturated heterocycles. The van der Waals surface area contributed by atoms with Gasteiger partial charge in [0, 0.05) is 19.3 Å². The molecule has 1 atom stereocenters. The highest BCUT2D eigenvalue weighted by Gasteiger charge is 2.20. The maximum atomic E-state index is 12.9. The Labute approximate surface area is 513 Å². The van der Waals surface area contributed by atoms with Crippen molar-refractivity contribution in [2.45, 2.75) is 444 Å². The van der Waals surface area contributed by atoms with E-state index in [1.54, 1.807) is 0 Å². The topological polar surface area (TPSA) is 78.9 Å². The Morgan fingerprint density at radius 3 is 0.610 bits per heavy atom. The number of allylic oxidation sites excluding steroid dienone is 2. The molecule has 0 bridgehead atoms. The first-order valence-electron chi connectivity index (χ1n) is 37.7. The van der Waals surface area contributed by atoms with Crippen LogP contribution in [0.2, 0.25) is 0 Å². The molecule has 0 N–H and O–H groups in total. The van der Waals surface area contributed by atoms with Crippen molar-refractivity contribution in [3.8, 4) is 0 Å². The van der Waals surface area contributed by atoms with Gasteiger partial charge in [0.2, 0.25) is 0 Å². The number of esters is 3. The minimum Gasteiger partial charge on any atom is -0.462 e. The second-order valence-electron chi connectivity index (χ2n) is 25.9. The van der Waals surface area contributed by atoms with Crippen molar-refractivity contribution in [3.05, 3.63) is 12.2 Å². The average molecular weight is 1160 g/mol. The molecule has 0 spiro atoms. The van der Waals surface area contributed by atoms with Gasteiger partial charge in [-0.1, -0.05) is 386 Å². The summed E-state index contributed by atoms with van der Waals surface area (Å²) < 4.78 is 16.9. The smallest absolute Gasteiger partial charge is 0.306 e. The number of carbonyl (C=O) groups excluding carboxylic acids is 3. The quantitative estimate of drug-likeness (QED) is 0.0261. The van der Waals surface area contributed by atoms with Crippen LogP contribution in [0.3, 0.4) is 0 Å². The van der Waals surface area contributed by atoms with Gasteiger partial charge in [0.15, 0.2) is 6.10 Å². The number of hydrogen-bond donors (Lipinski definition) is 0. The fourth-order valence-corrected chi connectivity index (χ4v) is 11.9. The van der Waals surface area contributed by atoms with Crippen LogP contribution >= 0.6 is 0 Å². The van der Waals surface area contributed by atoms with Crippen LogP contribution in [0.5, 0.6) is 0 Å². The summed E-state index contributed by atoms with van der Waals surface area (Å²) in [5, 5.41) is 0. The number of rotatable bonds is 71. The molecular weight excluding hydrogens is 1010 g/mol. The van der Waals surface area contributed by atoms with Crippen LogP contribution in [-0.4, -0.2) is 37.2 Å². The zero-order valence-electron chi connectivity index (χ0n) is 56.1. The number of unbranched alkanes of at least 4 members (excludes halogenated alkanes) is 58. The van der Waals surface area contributed by atoms with Gasteiger partial charge in [0.05, 0.1) is 0 Å². The molecule has 0 heterocycles. The summed E-state index contributed by atoms with van der Waals surface area (Å²) in [6.07, 6.45) is 87.6. The Bertz CT molecular complexity index is 1280. The molecule has 0 fully saturated rings. The molecule has 0 amide bonds. The van der Waals surface area contributed by atoms with Gasteiger partial charge in [0.1, 0.15) is 13.2 Å². The van der Waals surface area contributed by atoms with Gasteiger partial charge in [-0.05, 0) is 44.9 Å². The summed E-state index contributed by atoms with van der Waals surface area (Å²) in [5.74, 6) is -0.845. The molecule has 0 aromatic carbocycles. The Kier molecular flexibility index (Phi) is 70.0. The maximum absolute atomic E-state index is 12.9. The van der Waals surface area contributed by atoms with E-state index >= 15 is 0 Å². The molecule has 0 aromatic heterocycles. The summed E-state index contributed by atoms with van der Waals surface area (Å²) in [6, 6.07) is 0. The fourth-order valence-electron chi connectivity index (χ4n) is 11.9. The summed E-state index contributed by atoms with van der Waals surface area (Å²) in [7, 11) is 0. The van der Waals surface area contributed by atoms with Crippen molar-refractivity contribution in [1.82, 2.24) is 0 Å². The third kappa shape index (κ3) is 68.9. The van der Waals surface area contributed by atoms with Crippen LogP contribution in [0.15, 0.2) is 12.2 Å². The second kappa shape index (κ2) is 71.6. The van der Waals surface area contributed by atoms with Crippen LogP contribution in [0.1, 0.15) is 438 Å². The van der Waals surface area contributed by atoms with E-state index in [1.807, 2.05) is 0 Å². The first-order chi connectivity index (χ1) is 40.5. The maximum Gasteiger partial charge on any atom is 0.306 e. The van der Waals surface area contributed by atoms with E-state index in [0.29, 0.717) is 19.3 Å². The molecule has 82 heavy (non-hydrogen) atoms. The van der Waals surface area contributed by atoms with Crippen LogP contribution in [0.25, 0.3) is 0 Å². The van der Waals surface area contributed by atoms with E-state index in [0.717, 1.165) is 64.2 Å². The van der Waals surface area contributed by atoms with Gasteiger partial charge in [-0.15, -0.1) is 0 Å². The van der Waals surface area contributed by atoms with E-state index in [1.165, 1.54) is 334 Å². The van der Waals surface area contributed by atoms with Gasteiger partial charge in [-0.2, -0.15) is 0 Å². The lowest BCUT2D eigenvalue weighted by Gasteiger charge is -2.18. The lowest BCUT2D eigenvalue weighted by atomic mass is 10.0. The zero-order valence-corrected chi connectivity index (χ0v) is 56.1. The molecule has 0 radical (unpaired) electrons. The van der Waals surface area contributed by atoms with Crippen LogP contribution < -0.4 is 0 Å². The Balaban J connectivity index is 3.87. The van der Waals surface area contributed by atoms with Crippen molar-refractivity contribution in [2.24, 2.45) is 0 Å². The highest BCUT2D eigenvalue weighted by molar-refractivity contribution is 5.71. The van der Waals surface area contributed by atoms with Crippen LogP contribution in [0, 0.1) is 0 Å². The molecule has 0 aliphatic rings. The molecule has 6 nitrogen and oxygen atoms in total. The molecule has 0 aromatic rings. The van der Waals surface area contributed by atoms with Crippen molar-refractivity contribution in [1.29, 1.82) is 0 Å². The Morgan fingerprint density at radius 1 is 0.232 bits per heavy atom. The third-order valence-corrected chi connectivity index (χ3v) is 17.5. The lowest BCUT2D eigenvalue weighted by Crippen LogP contribution is -2.30. The van der Waals surface area contributed by atoms with Gasteiger partial charge in [-0.3, -0.25) is 14.4 Å². The van der Waals surface area contributed by atoms with Crippen LogP contribution in [0.4, 0.5) is 0 Å². The molecule has 0 aliphatic heterocycles. The number of carbonyl (C=O) groups is 3. The summed E-state index contributed by atoms with van der Waals surface area (Å²) >= 11 is 0. The predicted molar refractivity (Wildman–Crippen MR) is 358 cm³/mol. The van der Waals surface area contributed by atoms with Crippen molar-refractivity contribution >= 4 is 17.9 Å². The van der Waals surface area contributed by atoms with E-state index in [2.05, 4.69) is 32.9 Å². The highest BCUT2D eigenvalue weighted by Crippen LogP contribution is 2.20. The Hall–Kier alpha value is -1.85. The van der Waals surface area contributed by atoms with Gasteiger partial charge in [0.25, 0.3) is 0 Å². The van der Waals surface area contributed by atoms with Crippen molar-refractivity contribution in [2.75, 3.05) is 13.2 Å². The number of hydrogen-bond acceptors (Lipinski definition) is 6. The van der Waals surface area contributed by atoms with Gasteiger partial charge in [-0.25, -0.2) is 0 Å². The third-order valence-electron chi connectivity index (χ3n) is 17.5. The Morgan fingerprint density at radius 2 is 0.402 bits per heavy atom. The van der Waals surface area contributed by atoms with Crippen LogP contribution in [-0.2, 0) is 28.6 Å². The van der Waals surface area contributed by atoms with E-state index in [-0.39, 0.29) is 31.1 Å². The largest absolute Gasteiger partial charge is 0.462 e. The molecule has 6 heteroatoms. The first-order valence-corrected chi connectivity index (χ1v) is 37.7. The highest BCUT2D eigenvalue weighted by atomic mass is 16.6. The van der Waals surface area contributed by atoms with E-state index in [9.17, 15) is 14.4 Å². The fraction of sp³-hybridized carbons (Fsp3) is 0.934. The summed E-state index contributed by atoms with van der Waals surface area (Å²) in [5.41, 5.74) is 0. The van der Waals surface area contributed by atoms with Gasteiger partial charge >= 0.3 is 17.9 Å². The predicted octanol–water partition coefficient (Wildman–Crippen LogP) is 26.0. The molecule has 0 rings (SSSR count). The number of ether oxygens (including phenoxy) is 3. The first kappa shape index (κ1) is 80.2. The average Bonchev–Trinajstić information content (AvgIpc) is 3.47. The summed E-state index contributed by atoms with van der Waals surface area (Å²) in [6.45, 7) is 6.65. The zero-order chi connectivity index (χ0) is 59.2. The van der Waals surface area contributed by atoms with Crippen molar-refractivity contribution < 1.29 is 28.6 Å². The van der Waals surface area contributed by atoms with Crippen molar-refractivity contribution in [3.63, 3.8) is 0 Å². The molecule has 1 unspecified atom stereocenters. The molecule has 0 aliphatic carbocycles. The summed E-state index contributed by atoms with van der Waals surface area (Å²) in [4.78, 5) is 38.1. The molecule has 0 saturated carbocycles. The standard InChI is InChI=1S/C76H146O6/c1-4-7-10-13-15-17-19-21-23-25-27-29-31-33-35-37-39-40-42-44-46-48-50-52-54-56-58-60-63-66-69-75(78)81-72-73(71-80-74(77)68-65-62-12-9-6-3)82-76(79)70-67-64-61-59-57-55-53-51-49-47-45-43-41-38-36-34-32-30-28-26-24-22-20-18-16-14-11-8-5-2/h26,28,73H,4-25,27,29-72H2,1-3H3/b28-26-. The normalized spacial score (nSPS) is 12.0. The minimum absolute atomic E-state index is 0.0636. The molecular formula is C76H146O6. The SMILES string of the molecule is CCCCCCCCCC/C=C\CCCCCCCCCCCCCCCCCCCC(=O)OC(COC(=O)CCCCCCC)COC(=O)CCCCCCCCCCCCCCCCCCCCCCCCCCCCCCCC. The lowest BCUT2D eigenvalue weighted by molar-refractivity contribution is -0.167. The van der Waals surface area contributed by atoms with E-state index in [4.69, 9.17) is 14.2 Å². The second-order valence-corrected chi connectivity index (χ2v) is 25.9. The van der Waals surface area contributed by atoms with Gasteiger partial charge < -0.3 is 14.2 Å². The monoisotopic (exact) mass is 1160 g/mol. The minimum atomic E-state index is -0.763.